The molecule has 10 nitrogen and oxygen atoms in total. The summed E-state index contributed by atoms with van der Waals surface area (Å²) in [6, 6.07) is 12.4. The van der Waals surface area contributed by atoms with Crippen molar-refractivity contribution in [1.82, 2.24) is 10.2 Å². The number of amides is 3. The van der Waals surface area contributed by atoms with Gasteiger partial charge in [0.05, 0.1) is 16.1 Å². The SMILES string of the molecule is C[C@@H](OC(=O)CN1C(=O)c2ccc([N+](=O)[O-])cc2C1=O)C(=O)NCc1ccccc1. The molecule has 0 unspecified atom stereocenters. The van der Waals surface area contributed by atoms with Gasteiger partial charge in [0, 0.05) is 18.7 Å². The Balaban J connectivity index is 1.57. The Morgan fingerprint density at radius 3 is 2.43 bits per heavy atom. The summed E-state index contributed by atoms with van der Waals surface area (Å²) < 4.78 is 5.01. The molecule has 0 radical (unpaired) electrons. The molecule has 1 aliphatic rings. The molecule has 0 saturated heterocycles. The van der Waals surface area contributed by atoms with Crippen molar-refractivity contribution in [3.8, 4) is 0 Å². The van der Waals surface area contributed by atoms with E-state index in [0.29, 0.717) is 4.90 Å². The van der Waals surface area contributed by atoms with E-state index in [9.17, 15) is 29.3 Å². The predicted octanol–water partition coefficient (Wildman–Crippen LogP) is 1.44. The number of fused-ring (bicyclic) bond motifs is 1. The number of esters is 1. The summed E-state index contributed by atoms with van der Waals surface area (Å²) in [5, 5.41) is 13.5. The molecule has 3 amide bonds. The van der Waals surface area contributed by atoms with E-state index in [0.717, 1.165) is 17.7 Å². The third-order valence-corrected chi connectivity index (χ3v) is 4.44. The minimum absolute atomic E-state index is 0.0351. The first-order valence-electron chi connectivity index (χ1n) is 8.93. The van der Waals surface area contributed by atoms with Gasteiger partial charge in [0.1, 0.15) is 6.54 Å². The summed E-state index contributed by atoms with van der Waals surface area (Å²) in [7, 11) is 0. The number of nitro groups is 1. The fourth-order valence-corrected chi connectivity index (χ4v) is 2.88. The maximum atomic E-state index is 12.4. The number of rotatable bonds is 7. The first-order chi connectivity index (χ1) is 14.3. The molecule has 1 heterocycles. The van der Waals surface area contributed by atoms with E-state index in [-0.39, 0.29) is 23.4 Å². The number of carbonyl (C=O) groups excluding carboxylic acids is 4. The summed E-state index contributed by atoms with van der Waals surface area (Å²) in [6.07, 6.45) is -1.14. The van der Waals surface area contributed by atoms with Crippen molar-refractivity contribution in [2.45, 2.75) is 19.6 Å². The van der Waals surface area contributed by atoms with Gasteiger partial charge in [-0.2, -0.15) is 0 Å². The Morgan fingerprint density at radius 1 is 1.10 bits per heavy atom. The van der Waals surface area contributed by atoms with Gasteiger partial charge in [0.25, 0.3) is 23.4 Å². The van der Waals surface area contributed by atoms with Gasteiger partial charge >= 0.3 is 5.97 Å². The number of nitrogens with one attached hydrogen (secondary N) is 1. The zero-order valence-electron chi connectivity index (χ0n) is 15.9. The maximum absolute atomic E-state index is 12.4. The summed E-state index contributed by atoms with van der Waals surface area (Å²) in [5.41, 5.74) is 0.329. The molecule has 154 valence electrons. The average molecular weight is 411 g/mol. The number of non-ortho nitro benzene ring substituents is 1. The molecule has 30 heavy (non-hydrogen) atoms. The lowest BCUT2D eigenvalue weighted by atomic mass is 10.1. The normalized spacial score (nSPS) is 13.6. The molecule has 3 rings (SSSR count). The zero-order chi connectivity index (χ0) is 21.8. The lowest BCUT2D eigenvalue weighted by Gasteiger charge is -2.16. The molecule has 1 atom stereocenters. The molecule has 0 spiro atoms. The zero-order valence-corrected chi connectivity index (χ0v) is 15.9. The molecule has 0 saturated carbocycles. The van der Waals surface area contributed by atoms with Gasteiger partial charge in [0.15, 0.2) is 6.10 Å². The molecule has 0 bridgehead atoms. The first-order valence-corrected chi connectivity index (χ1v) is 8.93. The van der Waals surface area contributed by atoms with Crippen LogP contribution in [0, 0.1) is 10.1 Å². The fraction of sp³-hybridized carbons (Fsp3) is 0.200. The number of imide groups is 1. The van der Waals surface area contributed by atoms with Crippen LogP contribution in [0.5, 0.6) is 0 Å². The van der Waals surface area contributed by atoms with Crippen LogP contribution in [-0.4, -0.2) is 46.2 Å². The Morgan fingerprint density at radius 2 is 1.77 bits per heavy atom. The van der Waals surface area contributed by atoms with Crippen molar-refractivity contribution in [3.63, 3.8) is 0 Å². The van der Waals surface area contributed by atoms with Crippen LogP contribution < -0.4 is 5.32 Å². The minimum atomic E-state index is -1.14. The molecule has 0 aliphatic carbocycles. The standard InChI is InChI=1S/C20H17N3O7/c1-12(18(25)21-10-13-5-3-2-4-6-13)30-17(24)11-22-19(26)15-8-7-14(23(28)29)9-16(15)20(22)27/h2-9,12H,10-11H2,1H3,(H,21,25)/t12-/m1/s1. The number of nitro benzene ring substituents is 1. The van der Waals surface area contributed by atoms with Gasteiger partial charge in [0.2, 0.25) is 0 Å². The Bertz CT molecular complexity index is 1040. The summed E-state index contributed by atoms with van der Waals surface area (Å²) in [4.78, 5) is 59.8. The second-order valence-corrected chi connectivity index (χ2v) is 6.52. The lowest BCUT2D eigenvalue weighted by Crippen LogP contribution is -2.40. The third kappa shape index (κ3) is 4.32. The van der Waals surface area contributed by atoms with E-state index < -0.39 is 41.3 Å². The van der Waals surface area contributed by atoms with Crippen LogP contribution in [0.1, 0.15) is 33.2 Å². The largest absolute Gasteiger partial charge is 0.451 e. The summed E-state index contributed by atoms with van der Waals surface area (Å²) in [6.45, 7) is 0.902. The van der Waals surface area contributed by atoms with Crippen LogP contribution in [0.25, 0.3) is 0 Å². The van der Waals surface area contributed by atoms with Gasteiger partial charge in [-0.3, -0.25) is 34.2 Å². The van der Waals surface area contributed by atoms with Gasteiger partial charge < -0.3 is 10.1 Å². The van der Waals surface area contributed by atoms with Crippen molar-refractivity contribution in [3.05, 3.63) is 75.3 Å². The number of carbonyl (C=O) groups is 4. The van der Waals surface area contributed by atoms with Crippen LogP contribution in [-0.2, 0) is 20.9 Å². The number of hydrogen-bond donors (Lipinski definition) is 1. The van der Waals surface area contributed by atoms with Crippen LogP contribution in [0.2, 0.25) is 0 Å². The lowest BCUT2D eigenvalue weighted by molar-refractivity contribution is -0.384. The average Bonchev–Trinajstić information content (AvgIpc) is 2.97. The molecular formula is C20H17N3O7. The molecule has 2 aromatic carbocycles. The Kier molecular flexibility index (Phi) is 5.86. The van der Waals surface area contributed by atoms with E-state index >= 15 is 0 Å². The summed E-state index contributed by atoms with van der Waals surface area (Å²) in [5.74, 6) is -3.09. The van der Waals surface area contributed by atoms with E-state index in [1.54, 1.807) is 0 Å². The summed E-state index contributed by atoms with van der Waals surface area (Å²) >= 11 is 0. The minimum Gasteiger partial charge on any atom is -0.451 e. The number of hydrogen-bond acceptors (Lipinski definition) is 7. The Labute approximate surface area is 170 Å². The van der Waals surface area contributed by atoms with E-state index in [2.05, 4.69) is 5.32 Å². The van der Waals surface area contributed by atoms with Crippen LogP contribution >= 0.6 is 0 Å². The highest BCUT2D eigenvalue weighted by atomic mass is 16.6. The molecule has 10 heteroatoms. The molecule has 0 fully saturated rings. The van der Waals surface area contributed by atoms with Crippen molar-refractivity contribution < 1.29 is 28.8 Å². The molecule has 0 aromatic heterocycles. The van der Waals surface area contributed by atoms with Gasteiger partial charge in [-0.05, 0) is 18.6 Å². The number of ether oxygens (including phenoxy) is 1. The van der Waals surface area contributed by atoms with E-state index in [1.165, 1.54) is 13.0 Å². The van der Waals surface area contributed by atoms with E-state index in [1.807, 2.05) is 30.3 Å². The fourth-order valence-electron chi connectivity index (χ4n) is 2.88. The maximum Gasteiger partial charge on any atom is 0.326 e. The van der Waals surface area contributed by atoms with Gasteiger partial charge in [-0.25, -0.2) is 0 Å². The quantitative estimate of drug-likeness (QED) is 0.315. The topological polar surface area (TPSA) is 136 Å². The number of nitrogens with zero attached hydrogens (tertiary/aromatic N) is 2. The van der Waals surface area contributed by atoms with E-state index in [4.69, 9.17) is 4.74 Å². The van der Waals surface area contributed by atoms with Crippen LogP contribution in [0.4, 0.5) is 5.69 Å². The van der Waals surface area contributed by atoms with Crippen molar-refractivity contribution in [2.75, 3.05) is 6.54 Å². The highest BCUT2D eigenvalue weighted by Crippen LogP contribution is 2.26. The predicted molar refractivity (Wildman–Crippen MR) is 102 cm³/mol. The molecule has 1 N–H and O–H groups in total. The second kappa shape index (κ2) is 8.52. The highest BCUT2D eigenvalue weighted by molar-refractivity contribution is 6.22. The number of benzene rings is 2. The van der Waals surface area contributed by atoms with Crippen molar-refractivity contribution >= 4 is 29.4 Å². The van der Waals surface area contributed by atoms with Crippen molar-refractivity contribution in [2.24, 2.45) is 0 Å². The van der Waals surface area contributed by atoms with Crippen LogP contribution in [0.3, 0.4) is 0 Å². The monoisotopic (exact) mass is 411 g/mol. The van der Waals surface area contributed by atoms with Crippen LogP contribution in [0.15, 0.2) is 48.5 Å². The Hall–Kier alpha value is -4.08. The molecule has 2 aromatic rings. The first kappa shape index (κ1) is 20.6. The van der Waals surface area contributed by atoms with Crippen molar-refractivity contribution in [1.29, 1.82) is 0 Å². The third-order valence-electron chi connectivity index (χ3n) is 4.44. The van der Waals surface area contributed by atoms with Gasteiger partial charge in [-0.1, -0.05) is 30.3 Å². The second-order valence-electron chi connectivity index (χ2n) is 6.52. The van der Waals surface area contributed by atoms with Gasteiger partial charge in [-0.15, -0.1) is 0 Å². The molecule has 1 aliphatic heterocycles. The molecular weight excluding hydrogens is 394 g/mol. The highest BCUT2D eigenvalue weighted by Gasteiger charge is 2.38. The smallest absolute Gasteiger partial charge is 0.326 e.